The van der Waals surface area contributed by atoms with Gasteiger partial charge in [0, 0.05) is 50.4 Å². The van der Waals surface area contributed by atoms with Crippen LogP contribution >= 0.6 is 12.4 Å². The molecule has 0 spiro atoms. The van der Waals surface area contributed by atoms with E-state index < -0.39 is 24.0 Å². The number of amides is 2. The fraction of sp³-hybridized carbons (Fsp3) is 0.429. The average Bonchev–Trinajstić information content (AvgIpc) is 3.73. The lowest BCUT2D eigenvalue weighted by Crippen LogP contribution is -2.46. The fourth-order valence-corrected chi connectivity index (χ4v) is 5.32. The summed E-state index contributed by atoms with van der Waals surface area (Å²) in [5.41, 5.74) is 4.13. The van der Waals surface area contributed by atoms with Gasteiger partial charge in [-0.15, -0.1) is 12.4 Å². The number of benzene rings is 1. The topological polar surface area (TPSA) is 78.4 Å². The predicted octanol–water partition coefficient (Wildman–Crippen LogP) is 5.99. The fourth-order valence-electron chi connectivity index (χ4n) is 5.32. The summed E-state index contributed by atoms with van der Waals surface area (Å²) in [6.45, 7) is 2.20. The minimum Gasteiger partial charge on any atom is -0.354 e. The Morgan fingerprint density at radius 2 is 1.72 bits per heavy atom. The Bertz CT molecular complexity index is 1340. The Labute approximate surface area is 231 Å². The average molecular weight is 562 g/mol. The zero-order valence-electron chi connectivity index (χ0n) is 21.7. The molecule has 0 bridgehead atoms. The van der Waals surface area contributed by atoms with Crippen LogP contribution in [0.1, 0.15) is 55.7 Å². The zero-order chi connectivity index (χ0) is 27.0. The number of fused-ring (bicyclic) bond motifs is 1. The van der Waals surface area contributed by atoms with Gasteiger partial charge in [0.2, 0.25) is 11.8 Å². The molecule has 208 valence electrons. The number of pyridine rings is 2. The molecule has 1 saturated heterocycles. The molecule has 39 heavy (non-hydrogen) atoms. The molecule has 2 amide bonds. The summed E-state index contributed by atoms with van der Waals surface area (Å²) in [6.07, 6.45) is 1.66. The van der Waals surface area contributed by atoms with E-state index in [1.807, 2.05) is 12.1 Å². The van der Waals surface area contributed by atoms with Crippen LogP contribution in [0.5, 0.6) is 0 Å². The molecule has 1 N–H and O–H groups in total. The van der Waals surface area contributed by atoms with E-state index in [0.29, 0.717) is 37.5 Å². The van der Waals surface area contributed by atoms with Crippen molar-refractivity contribution >= 4 is 46.6 Å². The van der Waals surface area contributed by atoms with Gasteiger partial charge in [-0.1, -0.05) is 12.1 Å². The number of likely N-dealkylation sites (tertiary alicyclic amines) is 1. The summed E-state index contributed by atoms with van der Waals surface area (Å²) in [4.78, 5) is 36.0. The van der Waals surface area contributed by atoms with Gasteiger partial charge in [-0.25, -0.2) is 0 Å². The van der Waals surface area contributed by atoms with Gasteiger partial charge in [-0.05, 0) is 61.4 Å². The van der Waals surface area contributed by atoms with Crippen LogP contribution in [-0.2, 0) is 9.59 Å². The first-order chi connectivity index (χ1) is 18.1. The van der Waals surface area contributed by atoms with Crippen molar-refractivity contribution in [3.05, 3.63) is 59.9 Å². The quantitative estimate of drug-likeness (QED) is 0.400. The number of nitrogens with zero attached hydrogens (tertiary/aromatic N) is 4. The van der Waals surface area contributed by atoms with Crippen LogP contribution in [0.3, 0.4) is 0 Å². The number of halogens is 4. The van der Waals surface area contributed by atoms with Gasteiger partial charge in [0.25, 0.3) is 0 Å². The van der Waals surface area contributed by atoms with Crippen molar-refractivity contribution in [1.29, 1.82) is 0 Å². The Morgan fingerprint density at radius 3 is 2.31 bits per heavy atom. The van der Waals surface area contributed by atoms with E-state index in [1.165, 1.54) is 26.1 Å². The number of hydrogen-bond donors (Lipinski definition) is 1. The van der Waals surface area contributed by atoms with Crippen molar-refractivity contribution in [3.63, 3.8) is 0 Å². The van der Waals surface area contributed by atoms with Crippen LogP contribution in [0.25, 0.3) is 11.0 Å². The highest BCUT2D eigenvalue weighted by atomic mass is 35.5. The summed E-state index contributed by atoms with van der Waals surface area (Å²) in [7, 11) is 1.21. The van der Waals surface area contributed by atoms with Crippen LogP contribution in [-0.4, -0.2) is 57.9 Å². The lowest BCUT2D eigenvalue weighted by molar-refractivity contribution is -0.191. The summed E-state index contributed by atoms with van der Waals surface area (Å²) in [6, 6.07) is 7.69. The first kappa shape index (κ1) is 28.6. The highest BCUT2D eigenvalue weighted by Crippen LogP contribution is 2.46. The standard InChI is InChI=1S/C28H30F3N5O2.ClH/c1-17(37)36-14-11-20(12-15-36)27(38)35(2)26(28(29,30)31)19-7-9-21(10-8-19)34-23-16-33-22-4-3-13-32-25(22)24(23)18-5-6-18;/h3-4,7-10,13,16,18,20,26,34H,5-6,11-12,14-15H2,1-2H3;1H/t26-;/m0./s1. The van der Waals surface area contributed by atoms with Gasteiger partial charge in [-0.2, -0.15) is 13.2 Å². The largest absolute Gasteiger partial charge is 0.413 e. The smallest absolute Gasteiger partial charge is 0.354 e. The summed E-state index contributed by atoms with van der Waals surface area (Å²) in [5.74, 6) is -0.808. The third kappa shape index (κ3) is 6.11. The number of carbonyl (C=O) groups excluding carboxylic acids is 2. The first-order valence-electron chi connectivity index (χ1n) is 12.8. The molecule has 5 rings (SSSR count). The Kier molecular flexibility index (Phi) is 8.34. The van der Waals surface area contributed by atoms with E-state index in [1.54, 1.807) is 29.4 Å². The Hall–Kier alpha value is -3.40. The third-order valence-corrected chi connectivity index (χ3v) is 7.49. The molecule has 1 saturated carbocycles. The second kappa shape index (κ2) is 11.4. The molecule has 1 aliphatic carbocycles. The lowest BCUT2D eigenvalue weighted by Gasteiger charge is -2.36. The number of hydrogen-bond acceptors (Lipinski definition) is 5. The normalized spacial score (nSPS) is 16.9. The molecule has 1 atom stereocenters. The van der Waals surface area contributed by atoms with Crippen LogP contribution in [0.2, 0.25) is 0 Å². The number of rotatable bonds is 6. The van der Waals surface area contributed by atoms with E-state index in [-0.39, 0.29) is 23.9 Å². The molecule has 11 heteroatoms. The maximum atomic E-state index is 14.2. The van der Waals surface area contributed by atoms with E-state index in [4.69, 9.17) is 0 Å². The summed E-state index contributed by atoms with van der Waals surface area (Å²) >= 11 is 0. The maximum Gasteiger partial charge on any atom is 0.413 e. The number of alkyl halides is 3. The molecule has 2 fully saturated rings. The molecule has 0 unspecified atom stereocenters. The van der Waals surface area contributed by atoms with Crippen molar-refractivity contribution in [2.24, 2.45) is 5.92 Å². The molecular weight excluding hydrogens is 531 g/mol. The number of nitrogens with one attached hydrogen (secondary N) is 1. The summed E-state index contributed by atoms with van der Waals surface area (Å²) in [5, 5.41) is 3.31. The van der Waals surface area contributed by atoms with E-state index in [9.17, 15) is 22.8 Å². The monoisotopic (exact) mass is 561 g/mol. The maximum absolute atomic E-state index is 14.2. The molecular formula is C28H31ClF3N5O2. The van der Waals surface area contributed by atoms with Crippen LogP contribution in [0.15, 0.2) is 48.8 Å². The minimum atomic E-state index is -4.65. The van der Waals surface area contributed by atoms with Crippen LogP contribution in [0, 0.1) is 5.92 Å². The molecule has 0 radical (unpaired) electrons. The number of piperidine rings is 1. The molecule has 3 aromatic rings. The van der Waals surface area contributed by atoms with Gasteiger partial charge >= 0.3 is 6.18 Å². The Balaban J connectivity index is 0.00000353. The van der Waals surface area contributed by atoms with Crippen molar-refractivity contribution in [2.75, 3.05) is 25.5 Å². The van der Waals surface area contributed by atoms with Crippen molar-refractivity contribution in [3.8, 4) is 0 Å². The Morgan fingerprint density at radius 1 is 1.05 bits per heavy atom. The predicted molar refractivity (Wildman–Crippen MR) is 145 cm³/mol. The van der Waals surface area contributed by atoms with Gasteiger partial charge in [0.05, 0.1) is 22.9 Å². The molecule has 1 aromatic carbocycles. The zero-order valence-corrected chi connectivity index (χ0v) is 22.6. The number of anilines is 2. The van der Waals surface area contributed by atoms with Crippen LogP contribution < -0.4 is 5.32 Å². The van der Waals surface area contributed by atoms with Gasteiger partial charge in [0.15, 0.2) is 6.04 Å². The van der Waals surface area contributed by atoms with Crippen LogP contribution in [0.4, 0.5) is 24.5 Å². The van der Waals surface area contributed by atoms with Gasteiger partial charge in [-0.3, -0.25) is 19.6 Å². The highest BCUT2D eigenvalue weighted by Gasteiger charge is 2.46. The second-order valence-electron chi connectivity index (χ2n) is 10.2. The highest BCUT2D eigenvalue weighted by molar-refractivity contribution is 5.86. The third-order valence-electron chi connectivity index (χ3n) is 7.49. The van der Waals surface area contributed by atoms with Crippen molar-refractivity contribution in [1.82, 2.24) is 19.8 Å². The van der Waals surface area contributed by atoms with Gasteiger partial charge < -0.3 is 15.1 Å². The van der Waals surface area contributed by atoms with Gasteiger partial charge in [0.1, 0.15) is 0 Å². The number of carbonyl (C=O) groups is 2. The molecule has 2 aliphatic rings. The molecule has 3 heterocycles. The first-order valence-corrected chi connectivity index (χ1v) is 12.8. The van der Waals surface area contributed by atoms with Crippen molar-refractivity contribution < 1.29 is 22.8 Å². The second-order valence-corrected chi connectivity index (χ2v) is 10.2. The van der Waals surface area contributed by atoms with Crippen molar-refractivity contribution in [2.45, 2.75) is 50.7 Å². The van der Waals surface area contributed by atoms with E-state index >= 15 is 0 Å². The summed E-state index contributed by atoms with van der Waals surface area (Å²) < 4.78 is 42.7. The lowest BCUT2D eigenvalue weighted by atomic mass is 9.94. The molecule has 2 aromatic heterocycles. The molecule has 7 nitrogen and oxygen atoms in total. The molecule has 1 aliphatic heterocycles. The van der Waals surface area contributed by atoms with E-state index in [2.05, 4.69) is 15.3 Å². The van der Waals surface area contributed by atoms with E-state index in [0.717, 1.165) is 40.0 Å². The number of aromatic nitrogens is 2. The SMILES string of the molecule is CC(=O)N1CCC(C(=O)N(C)[C@@H](c2ccc(Nc3cnc4cccnc4c3C3CC3)cc2)C(F)(F)F)CC1.Cl. The minimum absolute atomic E-state index is 0.